The van der Waals surface area contributed by atoms with Gasteiger partial charge < -0.3 is 9.47 Å². The molecule has 0 aliphatic heterocycles. The summed E-state index contributed by atoms with van der Waals surface area (Å²) in [5.74, 6) is 1.97. The van der Waals surface area contributed by atoms with Crippen molar-refractivity contribution in [3.63, 3.8) is 0 Å². The van der Waals surface area contributed by atoms with Crippen molar-refractivity contribution >= 4 is 22.5 Å². The zero-order valence-electron chi connectivity index (χ0n) is 12.9. The summed E-state index contributed by atoms with van der Waals surface area (Å²) in [6.45, 7) is 6.58. The van der Waals surface area contributed by atoms with E-state index >= 15 is 0 Å². The van der Waals surface area contributed by atoms with Gasteiger partial charge in [-0.3, -0.25) is 0 Å². The van der Waals surface area contributed by atoms with Gasteiger partial charge in [-0.1, -0.05) is 37.6 Å². The van der Waals surface area contributed by atoms with E-state index in [0.29, 0.717) is 0 Å². The number of fused-ring (bicyclic) bond motifs is 1. The lowest BCUT2D eigenvalue weighted by molar-refractivity contribution is 0.164. The number of unbranched alkanes of at least 4 members (excludes halogenated alkanes) is 1. The van der Waals surface area contributed by atoms with E-state index in [0.717, 1.165) is 44.2 Å². The summed E-state index contributed by atoms with van der Waals surface area (Å²) in [6, 6.07) is 12.7. The second-order valence-corrected chi connectivity index (χ2v) is 5.99. The Kier molecular flexibility index (Phi) is 6.90. The van der Waals surface area contributed by atoms with Gasteiger partial charge in [-0.2, -0.15) is 0 Å². The van der Waals surface area contributed by atoms with Crippen LogP contribution >= 0.6 is 11.8 Å². The molecule has 0 saturated heterocycles. The van der Waals surface area contributed by atoms with E-state index in [2.05, 4.69) is 43.3 Å². The normalized spacial score (nSPS) is 11.0. The number of ether oxygens (including phenoxy) is 2. The van der Waals surface area contributed by atoms with Crippen LogP contribution in [0.3, 0.4) is 0 Å². The van der Waals surface area contributed by atoms with E-state index in [9.17, 15) is 0 Å². The SMILES string of the molecule is CCCCOc1ccc(SCCOCC)c2ccccc12. The number of rotatable bonds is 9. The minimum Gasteiger partial charge on any atom is -0.493 e. The Morgan fingerprint density at radius 2 is 1.76 bits per heavy atom. The molecule has 114 valence electrons. The van der Waals surface area contributed by atoms with Crippen LogP contribution in [0.1, 0.15) is 26.7 Å². The van der Waals surface area contributed by atoms with Crippen molar-refractivity contribution in [2.45, 2.75) is 31.6 Å². The number of benzene rings is 2. The Balaban J connectivity index is 2.14. The van der Waals surface area contributed by atoms with E-state index in [4.69, 9.17) is 9.47 Å². The Morgan fingerprint density at radius 3 is 2.52 bits per heavy atom. The second-order valence-electron chi connectivity index (χ2n) is 4.85. The molecule has 0 radical (unpaired) electrons. The van der Waals surface area contributed by atoms with Crippen LogP contribution in [0.4, 0.5) is 0 Å². The molecule has 2 rings (SSSR count). The second kappa shape index (κ2) is 8.96. The first-order valence-corrected chi connectivity index (χ1v) is 8.70. The van der Waals surface area contributed by atoms with Gasteiger partial charge in [-0.15, -0.1) is 11.8 Å². The largest absolute Gasteiger partial charge is 0.493 e. The van der Waals surface area contributed by atoms with Gasteiger partial charge in [-0.05, 0) is 30.9 Å². The highest BCUT2D eigenvalue weighted by molar-refractivity contribution is 7.99. The highest BCUT2D eigenvalue weighted by atomic mass is 32.2. The Hall–Kier alpha value is -1.19. The van der Waals surface area contributed by atoms with Crippen LogP contribution < -0.4 is 4.74 Å². The summed E-state index contributed by atoms with van der Waals surface area (Å²) in [7, 11) is 0. The molecule has 21 heavy (non-hydrogen) atoms. The minimum atomic E-state index is 0.783. The van der Waals surface area contributed by atoms with Crippen LogP contribution in [-0.4, -0.2) is 25.6 Å². The molecule has 2 aromatic carbocycles. The molecule has 2 nitrogen and oxygen atoms in total. The maximum atomic E-state index is 5.92. The van der Waals surface area contributed by atoms with Gasteiger partial charge in [0.2, 0.25) is 0 Å². The predicted octanol–water partition coefficient (Wildman–Crippen LogP) is 5.15. The molecule has 0 amide bonds. The lowest BCUT2D eigenvalue weighted by Crippen LogP contribution is -1.98. The number of hydrogen-bond donors (Lipinski definition) is 0. The quantitative estimate of drug-likeness (QED) is 0.471. The zero-order valence-corrected chi connectivity index (χ0v) is 13.7. The summed E-state index contributed by atoms with van der Waals surface area (Å²) >= 11 is 1.85. The van der Waals surface area contributed by atoms with Gasteiger partial charge in [-0.25, -0.2) is 0 Å². The van der Waals surface area contributed by atoms with E-state index in [1.807, 2.05) is 18.7 Å². The molecule has 0 aliphatic rings. The van der Waals surface area contributed by atoms with Crippen LogP contribution in [0.15, 0.2) is 41.3 Å². The summed E-state index contributed by atoms with van der Waals surface area (Å²) in [6.07, 6.45) is 2.25. The molecule has 0 aliphatic carbocycles. The van der Waals surface area contributed by atoms with Crippen LogP contribution in [0.25, 0.3) is 10.8 Å². The van der Waals surface area contributed by atoms with Crippen molar-refractivity contribution in [3.8, 4) is 5.75 Å². The molecule has 0 heterocycles. The average Bonchev–Trinajstić information content (AvgIpc) is 2.53. The third kappa shape index (κ3) is 4.65. The number of thioether (sulfide) groups is 1. The predicted molar refractivity (Wildman–Crippen MR) is 91.6 cm³/mol. The van der Waals surface area contributed by atoms with Gasteiger partial charge in [0.1, 0.15) is 5.75 Å². The highest BCUT2D eigenvalue weighted by Gasteiger charge is 2.07. The molecule has 0 unspecified atom stereocenters. The van der Waals surface area contributed by atoms with Crippen molar-refractivity contribution in [2.75, 3.05) is 25.6 Å². The first kappa shape index (κ1) is 16.2. The summed E-state index contributed by atoms with van der Waals surface area (Å²) < 4.78 is 11.3. The average molecular weight is 304 g/mol. The van der Waals surface area contributed by atoms with Gasteiger partial charge in [0, 0.05) is 22.6 Å². The van der Waals surface area contributed by atoms with E-state index < -0.39 is 0 Å². The van der Waals surface area contributed by atoms with Gasteiger partial charge in [0.05, 0.1) is 13.2 Å². The molecular weight excluding hydrogens is 280 g/mol. The Bertz CT molecular complexity index is 554. The monoisotopic (exact) mass is 304 g/mol. The fourth-order valence-electron chi connectivity index (χ4n) is 2.18. The minimum absolute atomic E-state index is 0.783. The fraction of sp³-hybridized carbons (Fsp3) is 0.444. The molecule has 3 heteroatoms. The molecule has 0 N–H and O–H groups in total. The Labute approximate surface area is 131 Å². The molecule has 0 bridgehead atoms. The molecule has 0 spiro atoms. The Morgan fingerprint density at radius 1 is 0.952 bits per heavy atom. The summed E-state index contributed by atoms with van der Waals surface area (Å²) in [5.41, 5.74) is 0. The van der Waals surface area contributed by atoms with Gasteiger partial charge in [0.15, 0.2) is 0 Å². The molecule has 2 aromatic rings. The van der Waals surface area contributed by atoms with Crippen molar-refractivity contribution in [3.05, 3.63) is 36.4 Å². The smallest absolute Gasteiger partial charge is 0.127 e. The van der Waals surface area contributed by atoms with Gasteiger partial charge in [0.25, 0.3) is 0 Å². The zero-order chi connectivity index (χ0) is 14.9. The third-order valence-electron chi connectivity index (χ3n) is 3.29. The van der Waals surface area contributed by atoms with Crippen molar-refractivity contribution in [2.24, 2.45) is 0 Å². The van der Waals surface area contributed by atoms with E-state index in [1.165, 1.54) is 15.7 Å². The summed E-state index contributed by atoms with van der Waals surface area (Å²) in [5, 5.41) is 2.48. The first-order chi connectivity index (χ1) is 10.4. The van der Waals surface area contributed by atoms with E-state index in [1.54, 1.807) is 0 Å². The van der Waals surface area contributed by atoms with E-state index in [-0.39, 0.29) is 0 Å². The molecule has 0 saturated carbocycles. The van der Waals surface area contributed by atoms with Crippen LogP contribution in [-0.2, 0) is 4.74 Å². The molecule has 0 aromatic heterocycles. The standard InChI is InChI=1S/C18H24O2S/c1-3-5-12-20-17-10-11-18(21-14-13-19-4-2)16-9-7-6-8-15(16)17/h6-11H,3-5,12-14H2,1-2H3. The van der Waals surface area contributed by atoms with Crippen LogP contribution in [0.5, 0.6) is 5.75 Å². The maximum absolute atomic E-state index is 5.92. The lowest BCUT2D eigenvalue weighted by Gasteiger charge is -2.12. The maximum Gasteiger partial charge on any atom is 0.127 e. The number of hydrogen-bond acceptors (Lipinski definition) is 3. The molecule has 0 atom stereocenters. The molecule has 0 fully saturated rings. The molecular formula is C18H24O2S. The van der Waals surface area contributed by atoms with Crippen molar-refractivity contribution in [1.82, 2.24) is 0 Å². The highest BCUT2D eigenvalue weighted by Crippen LogP contribution is 2.34. The van der Waals surface area contributed by atoms with Gasteiger partial charge >= 0.3 is 0 Å². The van der Waals surface area contributed by atoms with Crippen molar-refractivity contribution in [1.29, 1.82) is 0 Å². The summed E-state index contributed by atoms with van der Waals surface area (Å²) in [4.78, 5) is 1.30. The topological polar surface area (TPSA) is 18.5 Å². The van der Waals surface area contributed by atoms with Crippen LogP contribution in [0.2, 0.25) is 0 Å². The fourth-order valence-corrected chi connectivity index (χ4v) is 3.10. The third-order valence-corrected chi connectivity index (χ3v) is 4.33. The van der Waals surface area contributed by atoms with Crippen LogP contribution in [0, 0.1) is 0 Å². The van der Waals surface area contributed by atoms with Crippen molar-refractivity contribution < 1.29 is 9.47 Å². The lowest BCUT2D eigenvalue weighted by atomic mass is 10.1. The first-order valence-electron chi connectivity index (χ1n) is 7.72.